The van der Waals surface area contributed by atoms with Crippen LogP contribution in [0.4, 0.5) is 19.0 Å². The van der Waals surface area contributed by atoms with Gasteiger partial charge in [-0.2, -0.15) is 18.3 Å². The highest BCUT2D eigenvalue weighted by Gasteiger charge is 2.38. The van der Waals surface area contributed by atoms with E-state index in [9.17, 15) is 13.2 Å². The highest BCUT2D eigenvalue weighted by Crippen LogP contribution is 2.35. The van der Waals surface area contributed by atoms with Gasteiger partial charge in [-0.1, -0.05) is 13.8 Å². The van der Waals surface area contributed by atoms with Gasteiger partial charge in [-0.05, 0) is 5.92 Å². The van der Waals surface area contributed by atoms with Gasteiger partial charge >= 0.3 is 6.18 Å². The number of anilines is 1. The Balaban J connectivity index is 3.23. The van der Waals surface area contributed by atoms with Gasteiger partial charge < -0.3 is 5.73 Å². The first-order chi connectivity index (χ1) is 5.84. The lowest BCUT2D eigenvalue weighted by atomic mass is 10.0. The SMILES string of the molecule is CC(C)c1c(C(F)(F)F)n[nH]c1N. The van der Waals surface area contributed by atoms with Gasteiger partial charge in [0.25, 0.3) is 0 Å². The molecule has 0 aliphatic rings. The van der Waals surface area contributed by atoms with Crippen LogP contribution in [0.15, 0.2) is 0 Å². The molecular weight excluding hydrogens is 183 g/mol. The summed E-state index contributed by atoms with van der Waals surface area (Å²) in [5.74, 6) is -0.308. The second-order valence-corrected chi connectivity index (χ2v) is 3.05. The first kappa shape index (κ1) is 9.88. The van der Waals surface area contributed by atoms with Crippen LogP contribution in [-0.4, -0.2) is 10.2 Å². The lowest BCUT2D eigenvalue weighted by Crippen LogP contribution is -2.10. The summed E-state index contributed by atoms with van der Waals surface area (Å²) in [7, 11) is 0. The zero-order valence-corrected chi connectivity index (χ0v) is 7.24. The molecule has 0 fully saturated rings. The van der Waals surface area contributed by atoms with Crippen LogP contribution in [0.25, 0.3) is 0 Å². The molecule has 6 heteroatoms. The van der Waals surface area contributed by atoms with Crippen molar-refractivity contribution in [1.82, 2.24) is 10.2 Å². The Bertz CT molecular complexity index is 300. The number of alkyl halides is 3. The number of hydrogen-bond acceptors (Lipinski definition) is 2. The van der Waals surface area contributed by atoms with E-state index in [0.717, 1.165) is 0 Å². The molecule has 0 unspecified atom stereocenters. The van der Waals surface area contributed by atoms with Crippen LogP contribution in [0.2, 0.25) is 0 Å². The van der Waals surface area contributed by atoms with Crippen LogP contribution < -0.4 is 5.73 Å². The van der Waals surface area contributed by atoms with Gasteiger partial charge in [-0.3, -0.25) is 5.10 Å². The number of H-pyrrole nitrogens is 1. The maximum absolute atomic E-state index is 12.3. The van der Waals surface area contributed by atoms with E-state index in [4.69, 9.17) is 5.73 Å². The number of hydrogen-bond donors (Lipinski definition) is 2. The van der Waals surface area contributed by atoms with Crippen molar-refractivity contribution in [3.05, 3.63) is 11.3 Å². The molecular formula is C7H10F3N3. The summed E-state index contributed by atoms with van der Waals surface area (Å²) in [5.41, 5.74) is 4.44. The van der Waals surface area contributed by atoms with Crippen molar-refractivity contribution in [1.29, 1.82) is 0 Å². The predicted molar refractivity (Wildman–Crippen MR) is 42.1 cm³/mol. The fourth-order valence-electron chi connectivity index (χ4n) is 1.16. The minimum Gasteiger partial charge on any atom is -0.384 e. The summed E-state index contributed by atoms with van der Waals surface area (Å²) in [6.07, 6.45) is -4.44. The molecule has 13 heavy (non-hydrogen) atoms. The molecule has 0 spiro atoms. The largest absolute Gasteiger partial charge is 0.435 e. The Morgan fingerprint density at radius 1 is 1.38 bits per heavy atom. The topological polar surface area (TPSA) is 54.7 Å². The van der Waals surface area contributed by atoms with Crippen molar-refractivity contribution in [3.8, 4) is 0 Å². The minimum absolute atomic E-state index is 0.0117. The molecule has 0 aliphatic carbocycles. The lowest BCUT2D eigenvalue weighted by molar-refractivity contribution is -0.141. The highest BCUT2D eigenvalue weighted by atomic mass is 19.4. The van der Waals surface area contributed by atoms with E-state index in [1.807, 2.05) is 0 Å². The average Bonchev–Trinajstić information content (AvgIpc) is 2.28. The van der Waals surface area contributed by atoms with E-state index in [1.165, 1.54) is 0 Å². The van der Waals surface area contributed by atoms with Crippen LogP contribution in [0, 0.1) is 0 Å². The Morgan fingerprint density at radius 3 is 2.23 bits per heavy atom. The normalized spacial score (nSPS) is 12.5. The second-order valence-electron chi connectivity index (χ2n) is 3.05. The third kappa shape index (κ3) is 1.76. The van der Waals surface area contributed by atoms with E-state index >= 15 is 0 Å². The van der Waals surface area contributed by atoms with Crippen LogP contribution in [0.1, 0.15) is 31.0 Å². The van der Waals surface area contributed by atoms with Crippen LogP contribution in [-0.2, 0) is 6.18 Å². The molecule has 0 aliphatic heterocycles. The fraction of sp³-hybridized carbons (Fsp3) is 0.571. The molecule has 0 amide bonds. The number of nitrogens with zero attached hydrogens (tertiary/aromatic N) is 1. The lowest BCUT2D eigenvalue weighted by Gasteiger charge is -2.08. The summed E-state index contributed by atoms with van der Waals surface area (Å²) >= 11 is 0. The molecule has 0 aromatic carbocycles. The number of rotatable bonds is 1. The zero-order chi connectivity index (χ0) is 10.2. The molecule has 0 saturated heterocycles. The first-order valence-electron chi connectivity index (χ1n) is 3.75. The Morgan fingerprint density at radius 2 is 1.92 bits per heavy atom. The van der Waals surface area contributed by atoms with Gasteiger partial charge in [0.1, 0.15) is 5.82 Å². The Kier molecular flexibility index (Phi) is 2.23. The maximum Gasteiger partial charge on any atom is 0.435 e. The number of nitrogen functional groups attached to an aromatic ring is 1. The van der Waals surface area contributed by atoms with E-state index in [1.54, 1.807) is 13.8 Å². The van der Waals surface area contributed by atoms with Crippen molar-refractivity contribution in [3.63, 3.8) is 0 Å². The van der Waals surface area contributed by atoms with Gasteiger partial charge in [0.05, 0.1) is 0 Å². The quantitative estimate of drug-likeness (QED) is 0.717. The van der Waals surface area contributed by atoms with Crippen LogP contribution >= 0.6 is 0 Å². The van der Waals surface area contributed by atoms with E-state index < -0.39 is 11.9 Å². The zero-order valence-electron chi connectivity index (χ0n) is 7.24. The van der Waals surface area contributed by atoms with Crippen LogP contribution in [0.3, 0.4) is 0 Å². The van der Waals surface area contributed by atoms with Gasteiger partial charge in [0.15, 0.2) is 5.69 Å². The molecule has 1 aromatic rings. The number of halogens is 3. The van der Waals surface area contributed by atoms with E-state index in [2.05, 4.69) is 10.2 Å². The third-order valence-corrected chi connectivity index (χ3v) is 1.68. The number of aromatic nitrogens is 2. The van der Waals surface area contributed by atoms with Crippen molar-refractivity contribution in [2.24, 2.45) is 0 Å². The van der Waals surface area contributed by atoms with Gasteiger partial charge in [0, 0.05) is 5.56 Å². The van der Waals surface area contributed by atoms with Gasteiger partial charge in [-0.25, -0.2) is 0 Å². The summed E-state index contributed by atoms with van der Waals surface area (Å²) in [6.45, 7) is 3.27. The first-order valence-corrected chi connectivity index (χ1v) is 3.75. The molecule has 3 N–H and O–H groups in total. The second kappa shape index (κ2) is 2.93. The van der Waals surface area contributed by atoms with Crippen LogP contribution in [0.5, 0.6) is 0 Å². The molecule has 0 radical (unpaired) electrons. The fourth-order valence-corrected chi connectivity index (χ4v) is 1.16. The molecule has 0 saturated carbocycles. The van der Waals surface area contributed by atoms with E-state index in [0.29, 0.717) is 0 Å². The number of aromatic amines is 1. The summed E-state index contributed by atoms with van der Waals surface area (Å²) < 4.78 is 36.9. The average molecular weight is 193 g/mol. The predicted octanol–water partition coefficient (Wildman–Crippen LogP) is 2.13. The molecule has 74 valence electrons. The summed E-state index contributed by atoms with van der Waals surface area (Å²) in [6, 6.07) is 0. The molecule has 0 bridgehead atoms. The monoisotopic (exact) mass is 193 g/mol. The smallest absolute Gasteiger partial charge is 0.384 e. The number of nitrogens with one attached hydrogen (secondary N) is 1. The molecule has 3 nitrogen and oxygen atoms in total. The Labute approximate surface area is 73.1 Å². The van der Waals surface area contributed by atoms with Crippen molar-refractivity contribution >= 4 is 5.82 Å². The highest BCUT2D eigenvalue weighted by molar-refractivity contribution is 5.45. The van der Waals surface area contributed by atoms with Crippen molar-refractivity contribution in [2.45, 2.75) is 25.9 Å². The van der Waals surface area contributed by atoms with Crippen molar-refractivity contribution < 1.29 is 13.2 Å². The van der Waals surface area contributed by atoms with E-state index in [-0.39, 0.29) is 17.3 Å². The third-order valence-electron chi connectivity index (χ3n) is 1.68. The molecule has 1 rings (SSSR count). The molecule has 1 heterocycles. The standard InChI is InChI=1S/C7H10F3N3/c1-3(2)4-5(7(8,9)10)12-13-6(4)11/h3H,1-2H3,(H3,11,12,13). The molecule has 0 atom stereocenters. The van der Waals surface area contributed by atoms with Gasteiger partial charge in [0.2, 0.25) is 0 Å². The number of nitrogens with two attached hydrogens (primary N) is 1. The van der Waals surface area contributed by atoms with Gasteiger partial charge in [-0.15, -0.1) is 0 Å². The maximum atomic E-state index is 12.3. The summed E-state index contributed by atoms with van der Waals surface area (Å²) in [4.78, 5) is 0. The molecule has 1 aromatic heterocycles. The minimum atomic E-state index is -4.44. The Hall–Kier alpha value is -1.20. The summed E-state index contributed by atoms with van der Waals surface area (Å²) in [5, 5.41) is 5.27. The van der Waals surface area contributed by atoms with Crippen molar-refractivity contribution in [2.75, 3.05) is 5.73 Å².